The van der Waals surface area contributed by atoms with Crippen LogP contribution in [0.15, 0.2) is 58.6 Å². The number of para-hydroxylation sites is 1. The normalized spacial score (nSPS) is 14.0. The second-order valence-electron chi connectivity index (χ2n) is 6.72. The molecule has 132 valence electrons. The zero-order chi connectivity index (χ0) is 18.1. The van der Waals surface area contributed by atoms with Crippen LogP contribution in [-0.2, 0) is 0 Å². The molecule has 0 saturated carbocycles. The number of allylic oxidation sites excluding steroid dienone is 3. The molecule has 1 N–H and O–H groups in total. The van der Waals surface area contributed by atoms with E-state index in [2.05, 4.69) is 77.8 Å². The SMILES string of the molecule is CC/C(C)=C\C=C(/C)C(=Nc1ccccc1)NP(C(C)C)C(C)C. The Kier molecular flexibility index (Phi) is 9.00. The first-order valence-electron chi connectivity index (χ1n) is 8.88. The lowest BCUT2D eigenvalue weighted by Crippen LogP contribution is -2.26. The predicted octanol–water partition coefficient (Wildman–Crippen LogP) is 6.82. The first-order chi connectivity index (χ1) is 11.3. The number of rotatable bonds is 7. The average Bonchev–Trinajstić information content (AvgIpc) is 2.56. The van der Waals surface area contributed by atoms with Crippen molar-refractivity contribution in [3.05, 3.63) is 53.6 Å². The zero-order valence-electron chi connectivity index (χ0n) is 16.3. The lowest BCUT2D eigenvalue weighted by atomic mass is 10.2. The fourth-order valence-electron chi connectivity index (χ4n) is 2.27. The van der Waals surface area contributed by atoms with Crippen LogP contribution in [0.5, 0.6) is 0 Å². The van der Waals surface area contributed by atoms with E-state index in [1.807, 2.05) is 18.2 Å². The fourth-order valence-corrected chi connectivity index (χ4v) is 4.45. The maximum atomic E-state index is 4.89. The van der Waals surface area contributed by atoms with E-state index in [4.69, 9.17) is 4.99 Å². The Bertz CT molecular complexity index is 575. The number of aliphatic imine (C=N–C) groups is 1. The van der Waals surface area contributed by atoms with Gasteiger partial charge in [0.2, 0.25) is 0 Å². The summed E-state index contributed by atoms with van der Waals surface area (Å²) in [5, 5.41) is 3.76. The third-order valence-corrected chi connectivity index (χ3v) is 6.59. The van der Waals surface area contributed by atoms with E-state index in [1.165, 1.54) is 11.1 Å². The highest BCUT2D eigenvalue weighted by molar-refractivity contribution is 7.57. The molecule has 24 heavy (non-hydrogen) atoms. The van der Waals surface area contributed by atoms with Gasteiger partial charge in [-0.3, -0.25) is 0 Å². The second kappa shape index (κ2) is 10.5. The highest BCUT2D eigenvalue weighted by atomic mass is 31.1. The van der Waals surface area contributed by atoms with E-state index in [1.54, 1.807) is 0 Å². The van der Waals surface area contributed by atoms with Crippen molar-refractivity contribution in [2.24, 2.45) is 4.99 Å². The summed E-state index contributed by atoms with van der Waals surface area (Å²) in [7, 11) is -0.319. The van der Waals surface area contributed by atoms with Crippen molar-refractivity contribution < 1.29 is 0 Å². The lowest BCUT2D eigenvalue weighted by Gasteiger charge is -2.28. The van der Waals surface area contributed by atoms with Crippen LogP contribution in [0.4, 0.5) is 5.69 Å². The number of hydrogen-bond acceptors (Lipinski definition) is 1. The summed E-state index contributed by atoms with van der Waals surface area (Å²) in [6.07, 6.45) is 5.46. The van der Waals surface area contributed by atoms with Gasteiger partial charge < -0.3 is 5.09 Å². The molecular weight excluding hydrogens is 311 g/mol. The summed E-state index contributed by atoms with van der Waals surface area (Å²) in [4.78, 5) is 4.89. The molecular formula is C21H33N2P. The Morgan fingerprint density at radius 2 is 1.62 bits per heavy atom. The first kappa shape index (κ1) is 20.6. The monoisotopic (exact) mass is 344 g/mol. The second-order valence-corrected chi connectivity index (χ2v) is 9.82. The molecule has 0 aliphatic carbocycles. The van der Waals surface area contributed by atoms with Gasteiger partial charge in [0.25, 0.3) is 0 Å². The Balaban J connectivity index is 3.19. The number of amidine groups is 1. The van der Waals surface area contributed by atoms with Crippen LogP contribution in [0.1, 0.15) is 54.9 Å². The molecule has 0 spiro atoms. The maximum absolute atomic E-state index is 4.89. The molecule has 0 radical (unpaired) electrons. The van der Waals surface area contributed by atoms with Crippen molar-refractivity contribution in [2.75, 3.05) is 0 Å². The van der Waals surface area contributed by atoms with Crippen molar-refractivity contribution in [3.8, 4) is 0 Å². The largest absolute Gasteiger partial charge is 0.348 e. The smallest absolute Gasteiger partial charge is 0.132 e. The van der Waals surface area contributed by atoms with E-state index in [0.717, 1.165) is 17.9 Å². The number of hydrogen-bond donors (Lipinski definition) is 1. The number of benzene rings is 1. The van der Waals surface area contributed by atoms with Crippen LogP contribution in [0.2, 0.25) is 0 Å². The van der Waals surface area contributed by atoms with Crippen molar-refractivity contribution >= 4 is 19.6 Å². The summed E-state index contributed by atoms with van der Waals surface area (Å²) < 4.78 is 0. The maximum Gasteiger partial charge on any atom is 0.132 e. The van der Waals surface area contributed by atoms with Gasteiger partial charge in [-0.2, -0.15) is 0 Å². The number of nitrogens with one attached hydrogen (secondary N) is 1. The van der Waals surface area contributed by atoms with Crippen LogP contribution >= 0.6 is 8.07 Å². The Labute approximate surface area is 150 Å². The van der Waals surface area contributed by atoms with Gasteiger partial charge >= 0.3 is 0 Å². The van der Waals surface area contributed by atoms with Gasteiger partial charge in [0, 0.05) is 0 Å². The molecule has 1 aromatic carbocycles. The van der Waals surface area contributed by atoms with Gasteiger partial charge in [-0.1, -0.05) is 70.5 Å². The fraction of sp³-hybridized carbons (Fsp3) is 0.476. The highest BCUT2D eigenvalue weighted by Crippen LogP contribution is 2.42. The van der Waals surface area contributed by atoms with E-state index in [0.29, 0.717) is 11.3 Å². The molecule has 0 aliphatic rings. The Hall–Kier alpha value is -1.40. The van der Waals surface area contributed by atoms with E-state index >= 15 is 0 Å². The third kappa shape index (κ3) is 7.01. The molecule has 2 nitrogen and oxygen atoms in total. The summed E-state index contributed by atoms with van der Waals surface area (Å²) in [6.45, 7) is 15.7. The minimum atomic E-state index is -0.319. The van der Waals surface area contributed by atoms with Crippen LogP contribution in [-0.4, -0.2) is 17.2 Å². The summed E-state index contributed by atoms with van der Waals surface area (Å²) in [6, 6.07) is 10.2. The van der Waals surface area contributed by atoms with Crippen molar-refractivity contribution in [2.45, 2.75) is 66.2 Å². The van der Waals surface area contributed by atoms with Crippen LogP contribution in [0.25, 0.3) is 0 Å². The van der Waals surface area contributed by atoms with Gasteiger partial charge in [0.05, 0.1) is 5.69 Å². The van der Waals surface area contributed by atoms with E-state index in [9.17, 15) is 0 Å². The Morgan fingerprint density at radius 3 is 2.12 bits per heavy atom. The summed E-state index contributed by atoms with van der Waals surface area (Å²) >= 11 is 0. The quantitative estimate of drug-likeness (QED) is 0.249. The standard InChI is InChI=1S/C21H33N2P/c1-8-18(6)14-15-19(7)21(22-20-12-10-9-11-13-20)23-24(16(2)3)17(4)5/h9-17H,8H2,1-7H3,(H,22,23)/b18-14-,19-15+. The van der Waals surface area contributed by atoms with E-state index < -0.39 is 0 Å². The molecule has 0 aromatic heterocycles. The molecule has 3 heteroatoms. The van der Waals surface area contributed by atoms with Gasteiger partial charge in [-0.25, -0.2) is 4.99 Å². The molecule has 1 aromatic rings. The molecule has 0 amide bonds. The Morgan fingerprint density at radius 1 is 1.04 bits per heavy atom. The van der Waals surface area contributed by atoms with Crippen LogP contribution in [0, 0.1) is 0 Å². The van der Waals surface area contributed by atoms with Gasteiger partial charge in [0.15, 0.2) is 0 Å². The molecule has 0 fully saturated rings. The molecule has 0 unspecified atom stereocenters. The predicted molar refractivity (Wildman–Crippen MR) is 112 cm³/mol. The van der Waals surface area contributed by atoms with Crippen LogP contribution < -0.4 is 5.09 Å². The molecule has 0 saturated heterocycles. The minimum absolute atomic E-state index is 0.319. The van der Waals surface area contributed by atoms with Crippen molar-refractivity contribution in [3.63, 3.8) is 0 Å². The first-order valence-corrected chi connectivity index (χ1v) is 10.4. The van der Waals surface area contributed by atoms with E-state index in [-0.39, 0.29) is 8.07 Å². The molecule has 0 heterocycles. The van der Waals surface area contributed by atoms with Crippen LogP contribution in [0.3, 0.4) is 0 Å². The number of nitrogens with zero attached hydrogens (tertiary/aromatic N) is 1. The summed E-state index contributed by atoms with van der Waals surface area (Å²) in [5.41, 5.74) is 4.78. The lowest BCUT2D eigenvalue weighted by molar-refractivity contribution is 0.989. The van der Waals surface area contributed by atoms with Gasteiger partial charge in [0.1, 0.15) is 5.84 Å². The molecule has 0 aliphatic heterocycles. The minimum Gasteiger partial charge on any atom is -0.348 e. The third-order valence-electron chi connectivity index (χ3n) is 3.89. The molecule has 0 bridgehead atoms. The van der Waals surface area contributed by atoms with Crippen molar-refractivity contribution in [1.82, 2.24) is 5.09 Å². The van der Waals surface area contributed by atoms with Gasteiger partial charge in [-0.15, -0.1) is 0 Å². The average molecular weight is 344 g/mol. The van der Waals surface area contributed by atoms with Gasteiger partial charge in [-0.05, 0) is 57.4 Å². The van der Waals surface area contributed by atoms with Crippen molar-refractivity contribution in [1.29, 1.82) is 0 Å². The zero-order valence-corrected chi connectivity index (χ0v) is 17.2. The molecule has 0 atom stereocenters. The summed E-state index contributed by atoms with van der Waals surface area (Å²) in [5.74, 6) is 0.995. The molecule has 1 rings (SSSR count). The highest BCUT2D eigenvalue weighted by Gasteiger charge is 2.19. The topological polar surface area (TPSA) is 24.4 Å².